The molecule has 0 aliphatic carbocycles. The molecule has 4 heteroatoms. The van der Waals surface area contributed by atoms with E-state index in [0.29, 0.717) is 6.54 Å². The predicted molar refractivity (Wildman–Crippen MR) is 51.6 cm³/mol. The summed E-state index contributed by atoms with van der Waals surface area (Å²) in [7, 11) is 1.36. The SMILES string of the molecule is C=CC(=O)N1CCC[C@@H]1CC(=O)OC. The third kappa shape index (κ3) is 2.34. The maximum Gasteiger partial charge on any atom is 0.307 e. The van der Waals surface area contributed by atoms with Gasteiger partial charge in [0.05, 0.1) is 13.5 Å². The second-order valence-electron chi connectivity index (χ2n) is 3.31. The van der Waals surface area contributed by atoms with Crippen molar-refractivity contribution < 1.29 is 14.3 Å². The van der Waals surface area contributed by atoms with Gasteiger partial charge in [-0.3, -0.25) is 9.59 Å². The van der Waals surface area contributed by atoms with Crippen LogP contribution in [0.15, 0.2) is 12.7 Å². The monoisotopic (exact) mass is 197 g/mol. The van der Waals surface area contributed by atoms with Crippen molar-refractivity contribution >= 4 is 11.9 Å². The minimum atomic E-state index is -0.265. The normalized spacial score (nSPS) is 20.6. The minimum absolute atomic E-state index is 0.00653. The number of nitrogens with zero attached hydrogens (tertiary/aromatic N) is 1. The van der Waals surface area contributed by atoms with Crippen LogP contribution in [-0.2, 0) is 14.3 Å². The van der Waals surface area contributed by atoms with Gasteiger partial charge in [0.15, 0.2) is 0 Å². The van der Waals surface area contributed by atoms with Crippen molar-refractivity contribution in [1.29, 1.82) is 0 Å². The van der Waals surface area contributed by atoms with Crippen LogP contribution in [0.4, 0.5) is 0 Å². The van der Waals surface area contributed by atoms with E-state index in [0.717, 1.165) is 12.8 Å². The van der Waals surface area contributed by atoms with Crippen molar-refractivity contribution in [3.63, 3.8) is 0 Å². The molecule has 1 aliphatic rings. The van der Waals surface area contributed by atoms with Crippen molar-refractivity contribution in [2.75, 3.05) is 13.7 Å². The molecule has 14 heavy (non-hydrogen) atoms. The first-order chi connectivity index (χ1) is 6.69. The van der Waals surface area contributed by atoms with Crippen molar-refractivity contribution in [1.82, 2.24) is 4.90 Å². The van der Waals surface area contributed by atoms with Gasteiger partial charge in [0.25, 0.3) is 0 Å². The maximum atomic E-state index is 11.4. The highest BCUT2D eigenvalue weighted by molar-refractivity contribution is 5.87. The Bertz CT molecular complexity index is 250. The molecule has 0 N–H and O–H groups in total. The number of carbonyl (C=O) groups excluding carboxylic acids is 2. The van der Waals surface area contributed by atoms with Crippen LogP contribution in [-0.4, -0.2) is 36.5 Å². The van der Waals surface area contributed by atoms with E-state index >= 15 is 0 Å². The Morgan fingerprint density at radius 1 is 1.64 bits per heavy atom. The fourth-order valence-corrected chi connectivity index (χ4v) is 1.73. The topological polar surface area (TPSA) is 46.6 Å². The molecular weight excluding hydrogens is 182 g/mol. The first kappa shape index (κ1) is 10.8. The Balaban J connectivity index is 2.55. The summed E-state index contributed by atoms with van der Waals surface area (Å²) in [5.41, 5.74) is 0. The zero-order valence-corrected chi connectivity index (χ0v) is 8.36. The van der Waals surface area contributed by atoms with Gasteiger partial charge in [0.2, 0.25) is 5.91 Å². The van der Waals surface area contributed by atoms with E-state index < -0.39 is 0 Å². The molecule has 0 aromatic heterocycles. The van der Waals surface area contributed by atoms with Crippen LogP contribution >= 0.6 is 0 Å². The largest absolute Gasteiger partial charge is 0.469 e. The fraction of sp³-hybridized carbons (Fsp3) is 0.600. The van der Waals surface area contributed by atoms with Crippen molar-refractivity contribution in [2.45, 2.75) is 25.3 Å². The summed E-state index contributed by atoms with van der Waals surface area (Å²) in [6, 6.07) is -0.00653. The Labute approximate surface area is 83.5 Å². The molecule has 1 atom stereocenters. The van der Waals surface area contributed by atoms with E-state index in [2.05, 4.69) is 11.3 Å². The molecule has 1 amide bonds. The molecule has 0 spiro atoms. The molecular formula is C10H15NO3. The summed E-state index contributed by atoms with van der Waals surface area (Å²) in [5, 5.41) is 0. The number of carbonyl (C=O) groups is 2. The highest BCUT2D eigenvalue weighted by Gasteiger charge is 2.29. The lowest BCUT2D eigenvalue weighted by Gasteiger charge is -2.22. The average Bonchev–Trinajstić information content (AvgIpc) is 2.64. The number of esters is 1. The first-order valence-corrected chi connectivity index (χ1v) is 4.69. The molecule has 0 aromatic carbocycles. The molecule has 78 valence electrons. The van der Waals surface area contributed by atoms with E-state index in [9.17, 15) is 9.59 Å². The van der Waals surface area contributed by atoms with E-state index in [4.69, 9.17) is 0 Å². The molecule has 1 heterocycles. The quantitative estimate of drug-likeness (QED) is 0.495. The minimum Gasteiger partial charge on any atom is -0.469 e. The van der Waals surface area contributed by atoms with Gasteiger partial charge >= 0.3 is 5.97 Å². The van der Waals surface area contributed by atoms with Crippen LogP contribution in [0, 0.1) is 0 Å². The fourth-order valence-electron chi connectivity index (χ4n) is 1.73. The third-order valence-electron chi connectivity index (χ3n) is 2.46. The lowest BCUT2D eigenvalue weighted by Crippen LogP contribution is -2.35. The standard InChI is InChI=1S/C10H15NO3/c1-3-9(12)11-6-4-5-8(11)7-10(13)14-2/h3,8H,1,4-7H2,2H3/t8-/m1/s1. The number of ether oxygens (including phenoxy) is 1. The van der Waals surface area contributed by atoms with Gasteiger partial charge in [0, 0.05) is 12.6 Å². The van der Waals surface area contributed by atoms with Crippen LogP contribution in [0.2, 0.25) is 0 Å². The van der Waals surface area contributed by atoms with Crippen molar-refractivity contribution in [3.05, 3.63) is 12.7 Å². The molecule has 0 unspecified atom stereocenters. The summed E-state index contributed by atoms with van der Waals surface area (Å²) in [6.07, 6.45) is 3.39. The molecule has 1 rings (SSSR count). The zero-order valence-electron chi connectivity index (χ0n) is 8.36. The molecule has 1 fully saturated rings. The zero-order chi connectivity index (χ0) is 10.6. The van der Waals surface area contributed by atoms with Gasteiger partial charge in [-0.1, -0.05) is 6.58 Å². The van der Waals surface area contributed by atoms with Gasteiger partial charge in [-0.05, 0) is 18.9 Å². The summed E-state index contributed by atoms with van der Waals surface area (Å²) in [4.78, 5) is 24.1. The van der Waals surface area contributed by atoms with Crippen molar-refractivity contribution in [3.8, 4) is 0 Å². The summed E-state index contributed by atoms with van der Waals surface area (Å²) >= 11 is 0. The number of rotatable bonds is 3. The second-order valence-corrected chi connectivity index (χ2v) is 3.31. The number of hydrogen-bond donors (Lipinski definition) is 0. The van der Waals surface area contributed by atoms with Gasteiger partial charge < -0.3 is 9.64 Å². The van der Waals surface area contributed by atoms with Gasteiger partial charge in [-0.2, -0.15) is 0 Å². The maximum absolute atomic E-state index is 11.4. The predicted octanol–water partition coefficient (Wildman–Crippen LogP) is 0.726. The lowest BCUT2D eigenvalue weighted by molar-refractivity contribution is -0.142. The molecule has 1 saturated heterocycles. The molecule has 4 nitrogen and oxygen atoms in total. The number of amides is 1. The van der Waals surface area contributed by atoms with E-state index in [-0.39, 0.29) is 24.3 Å². The smallest absolute Gasteiger partial charge is 0.307 e. The lowest BCUT2D eigenvalue weighted by atomic mass is 10.1. The Kier molecular flexibility index (Phi) is 3.68. The van der Waals surface area contributed by atoms with Gasteiger partial charge in [0.1, 0.15) is 0 Å². The average molecular weight is 197 g/mol. The highest BCUT2D eigenvalue weighted by atomic mass is 16.5. The van der Waals surface area contributed by atoms with Gasteiger partial charge in [-0.15, -0.1) is 0 Å². The number of hydrogen-bond acceptors (Lipinski definition) is 3. The Morgan fingerprint density at radius 3 is 2.93 bits per heavy atom. The van der Waals surface area contributed by atoms with E-state index in [1.807, 2.05) is 0 Å². The molecule has 0 radical (unpaired) electrons. The van der Waals surface area contributed by atoms with Crippen LogP contribution in [0.3, 0.4) is 0 Å². The molecule has 0 saturated carbocycles. The van der Waals surface area contributed by atoms with Crippen LogP contribution in [0.25, 0.3) is 0 Å². The van der Waals surface area contributed by atoms with E-state index in [1.165, 1.54) is 13.2 Å². The Hall–Kier alpha value is -1.32. The molecule has 0 aromatic rings. The van der Waals surface area contributed by atoms with Crippen LogP contribution in [0.5, 0.6) is 0 Å². The van der Waals surface area contributed by atoms with Crippen molar-refractivity contribution in [2.24, 2.45) is 0 Å². The molecule has 0 bridgehead atoms. The first-order valence-electron chi connectivity index (χ1n) is 4.69. The summed E-state index contributed by atoms with van der Waals surface area (Å²) < 4.78 is 4.57. The number of likely N-dealkylation sites (tertiary alicyclic amines) is 1. The third-order valence-corrected chi connectivity index (χ3v) is 2.46. The van der Waals surface area contributed by atoms with E-state index in [1.54, 1.807) is 4.90 Å². The molecule has 1 aliphatic heterocycles. The Morgan fingerprint density at radius 2 is 2.36 bits per heavy atom. The summed E-state index contributed by atoms with van der Waals surface area (Å²) in [5.74, 6) is -0.366. The van der Waals surface area contributed by atoms with Crippen LogP contribution in [0.1, 0.15) is 19.3 Å². The second kappa shape index (κ2) is 4.79. The van der Waals surface area contributed by atoms with Gasteiger partial charge in [-0.25, -0.2) is 0 Å². The van der Waals surface area contributed by atoms with Crippen LogP contribution < -0.4 is 0 Å². The number of methoxy groups -OCH3 is 1. The highest BCUT2D eigenvalue weighted by Crippen LogP contribution is 2.20. The summed E-state index contributed by atoms with van der Waals surface area (Å²) in [6.45, 7) is 4.15.